The normalized spacial score (nSPS) is 14.0. The molecule has 4 rings (SSSR count). The van der Waals surface area contributed by atoms with Crippen LogP contribution in [-0.2, 0) is 9.59 Å². The van der Waals surface area contributed by atoms with Gasteiger partial charge in [-0.15, -0.1) is 0 Å². The average molecular weight is 674 g/mol. The van der Waals surface area contributed by atoms with Crippen molar-refractivity contribution < 1.29 is 61.1 Å². The van der Waals surface area contributed by atoms with Gasteiger partial charge in [-0.2, -0.15) is 0 Å². The summed E-state index contributed by atoms with van der Waals surface area (Å²) in [6.07, 6.45) is 2.33. The Balaban J connectivity index is 1.45. The summed E-state index contributed by atoms with van der Waals surface area (Å²) in [4.78, 5) is 38.2. The molecule has 1 aliphatic carbocycles. The minimum absolute atomic E-state index is 0.0219. The number of nitrogens with zero attached hydrogens (tertiary/aromatic N) is 2. The fraction of sp³-hybridized carbons (Fsp3) is 0.217. The van der Waals surface area contributed by atoms with Crippen molar-refractivity contribution in [3.8, 4) is 11.6 Å². The fourth-order valence-electron chi connectivity index (χ4n) is 3.17. The second-order valence-corrected chi connectivity index (χ2v) is 11.5. The Hall–Kier alpha value is -2.35. The number of hydrogen-bond acceptors (Lipinski definition) is 5. The van der Waals surface area contributed by atoms with Crippen LogP contribution in [0, 0.1) is 18.5 Å². The summed E-state index contributed by atoms with van der Waals surface area (Å²) in [6.45, 7) is 0. The van der Waals surface area contributed by atoms with Crippen molar-refractivity contribution in [1.29, 1.82) is 0 Å². The van der Waals surface area contributed by atoms with Gasteiger partial charge in [0.25, 0.3) is 0 Å². The predicted octanol–water partition coefficient (Wildman–Crippen LogP) is -2.46. The summed E-state index contributed by atoms with van der Waals surface area (Å²) in [6, 6.07) is 13.2. The molecule has 10 heteroatoms. The quantitative estimate of drug-likeness (QED) is 0.120. The van der Waals surface area contributed by atoms with Gasteiger partial charge in [-0.05, 0) is 12.1 Å². The van der Waals surface area contributed by atoms with E-state index in [0.717, 1.165) is 7.27 Å². The van der Waals surface area contributed by atoms with Crippen LogP contribution in [0.3, 0.4) is 0 Å². The van der Waals surface area contributed by atoms with Crippen molar-refractivity contribution in [2.75, 3.05) is 20.5 Å². The van der Waals surface area contributed by atoms with Gasteiger partial charge in [0.1, 0.15) is 0 Å². The maximum absolute atomic E-state index is 14.8. The molecule has 1 saturated carbocycles. The number of nitrogens with one attached hydrogen (secondary N) is 2. The molecule has 0 unspecified atom stereocenters. The molecular formula is C23H21FI2N4O3-2. The topological polar surface area (TPSA) is 93.2 Å². The standard InChI is InChI=1S/C23H21FI2N4O3/c1-25-18-19(26-2)27-13-28-20(18)33-17-9-8-15(12-16(17)24)30-22(32)23(10-11-23)21(31)29-14-6-4-3-5-7-14/h3-9,12-13H,10-11H2,1-2H3,(H,29,31)(H,30,32)/q-2. The van der Waals surface area contributed by atoms with Gasteiger partial charge in [0, 0.05) is 5.69 Å². The SMILES string of the molecule is C[I-]c1ncnc(Oc2ccc(NC(=O)C3(C(=O)Nc4ccccc4)CC3)cc2F)c1[I-]C. The van der Waals surface area contributed by atoms with E-state index >= 15 is 0 Å². The number of carbonyl (C=O) groups is 2. The molecule has 0 radical (unpaired) electrons. The monoisotopic (exact) mass is 674 g/mol. The van der Waals surface area contributed by atoms with Gasteiger partial charge in [0.05, 0.1) is 0 Å². The van der Waals surface area contributed by atoms with Gasteiger partial charge in [-0.3, -0.25) is 0 Å². The first kappa shape index (κ1) is 23.8. The minimum atomic E-state index is -1.14. The molecule has 0 spiro atoms. The Morgan fingerprint density at radius 3 is 2.27 bits per heavy atom. The number of hydrogen-bond donors (Lipinski definition) is 2. The van der Waals surface area contributed by atoms with Crippen LogP contribution in [0.5, 0.6) is 11.6 Å². The second kappa shape index (κ2) is 10.3. The third-order valence-electron chi connectivity index (χ3n) is 5.13. The summed E-state index contributed by atoms with van der Waals surface area (Å²) in [5, 5.41) is 5.45. The molecular weight excluding hydrogens is 653 g/mol. The first-order valence-corrected chi connectivity index (χ1v) is 16.4. The van der Waals surface area contributed by atoms with Gasteiger partial charge in [-0.1, -0.05) is 18.2 Å². The molecule has 2 aromatic carbocycles. The summed E-state index contributed by atoms with van der Waals surface area (Å²) in [5.41, 5.74) is -0.252. The van der Waals surface area contributed by atoms with Crippen LogP contribution in [0.1, 0.15) is 12.8 Å². The second-order valence-electron chi connectivity index (χ2n) is 7.27. The van der Waals surface area contributed by atoms with Crippen LogP contribution in [0.25, 0.3) is 0 Å². The van der Waals surface area contributed by atoms with Crippen molar-refractivity contribution >= 4 is 23.2 Å². The Morgan fingerprint density at radius 1 is 0.970 bits per heavy atom. The number of amides is 2. The van der Waals surface area contributed by atoms with E-state index in [1.807, 2.05) is 6.07 Å². The number of rotatable bonds is 8. The first-order chi connectivity index (χ1) is 16.0. The Kier molecular flexibility index (Phi) is 7.41. The molecule has 7 nitrogen and oxygen atoms in total. The summed E-state index contributed by atoms with van der Waals surface area (Å²) in [5.74, 6) is -1.02. The third-order valence-corrected chi connectivity index (χ3v) is 10.1. The number of alkyl halides is 2. The number of aromatic nitrogens is 2. The molecule has 0 saturated heterocycles. The van der Waals surface area contributed by atoms with Crippen LogP contribution < -0.4 is 57.8 Å². The van der Waals surface area contributed by atoms with Crippen molar-refractivity contribution in [2.24, 2.45) is 5.41 Å². The Bertz CT molecular complexity index is 1190. The zero-order valence-corrected chi connectivity index (χ0v) is 22.2. The molecule has 2 amide bonds. The molecule has 1 heterocycles. The fourth-order valence-corrected chi connectivity index (χ4v) is 8.30. The van der Waals surface area contributed by atoms with E-state index in [-0.39, 0.29) is 59.8 Å². The molecule has 3 aromatic rings. The summed E-state index contributed by atoms with van der Waals surface area (Å²) >= 11 is -0.580. The van der Waals surface area contributed by atoms with Crippen molar-refractivity contribution in [2.45, 2.75) is 12.8 Å². The summed E-state index contributed by atoms with van der Waals surface area (Å²) < 4.78 is 22.5. The molecule has 0 aliphatic heterocycles. The van der Waals surface area contributed by atoms with E-state index < -0.39 is 17.1 Å². The Morgan fingerprint density at radius 2 is 1.67 bits per heavy atom. The number of anilines is 2. The molecule has 33 heavy (non-hydrogen) atoms. The molecule has 1 aliphatic rings. The van der Waals surface area contributed by atoms with Crippen LogP contribution in [-0.4, -0.2) is 31.6 Å². The number of para-hydroxylation sites is 1. The predicted molar refractivity (Wildman–Crippen MR) is 113 cm³/mol. The van der Waals surface area contributed by atoms with Gasteiger partial charge in [0.15, 0.2) is 0 Å². The van der Waals surface area contributed by atoms with E-state index in [1.54, 1.807) is 30.3 Å². The number of ether oxygens (including phenoxy) is 1. The summed E-state index contributed by atoms with van der Waals surface area (Å²) in [7, 11) is 0. The zero-order valence-electron chi connectivity index (χ0n) is 17.9. The molecule has 2 N–H and O–H groups in total. The van der Waals surface area contributed by atoms with Crippen LogP contribution in [0.2, 0.25) is 0 Å². The van der Waals surface area contributed by atoms with Gasteiger partial charge >= 0.3 is 177 Å². The number of halogens is 3. The van der Waals surface area contributed by atoms with Crippen molar-refractivity contribution in [3.05, 3.63) is 67.9 Å². The van der Waals surface area contributed by atoms with Crippen molar-refractivity contribution in [3.63, 3.8) is 0 Å². The molecule has 1 fully saturated rings. The molecule has 174 valence electrons. The van der Waals surface area contributed by atoms with E-state index in [2.05, 4.69) is 30.5 Å². The van der Waals surface area contributed by atoms with Crippen LogP contribution >= 0.6 is 0 Å². The van der Waals surface area contributed by atoms with Crippen LogP contribution in [0.4, 0.5) is 15.8 Å². The van der Waals surface area contributed by atoms with E-state index in [4.69, 9.17) is 4.74 Å². The van der Waals surface area contributed by atoms with Gasteiger partial charge in [-0.25, -0.2) is 0 Å². The average Bonchev–Trinajstić information content (AvgIpc) is 3.63. The number of benzene rings is 2. The van der Waals surface area contributed by atoms with Gasteiger partial charge < -0.3 is 0 Å². The maximum atomic E-state index is 14.8. The van der Waals surface area contributed by atoms with E-state index in [0.29, 0.717) is 24.4 Å². The zero-order chi connectivity index (χ0) is 23.4. The third kappa shape index (κ3) is 5.26. The van der Waals surface area contributed by atoms with Crippen LogP contribution in [0.15, 0.2) is 54.9 Å². The van der Waals surface area contributed by atoms with Crippen molar-refractivity contribution in [1.82, 2.24) is 9.97 Å². The molecule has 1 aromatic heterocycles. The van der Waals surface area contributed by atoms with Gasteiger partial charge in [0.2, 0.25) is 0 Å². The number of carbonyl (C=O) groups excluding carboxylic acids is 2. The Labute approximate surface area is 211 Å². The van der Waals surface area contributed by atoms with E-state index in [1.165, 1.54) is 18.5 Å². The molecule has 0 bridgehead atoms. The first-order valence-electron chi connectivity index (χ1n) is 9.96. The molecule has 0 atom stereocenters. The van der Waals surface area contributed by atoms with E-state index in [9.17, 15) is 14.0 Å².